The number of carbonyl (C=O) groups excluding carboxylic acids is 2. The van der Waals surface area contributed by atoms with Gasteiger partial charge >= 0.3 is 0 Å². The van der Waals surface area contributed by atoms with Gasteiger partial charge < -0.3 is 10.4 Å². The molecule has 0 unspecified atom stereocenters. The van der Waals surface area contributed by atoms with E-state index in [2.05, 4.69) is 35.6 Å². The largest absolute Gasteiger partial charge is 0.400 e. The molecular weight excluding hydrogens is 338 g/mol. The minimum atomic E-state index is -0.0126. The summed E-state index contributed by atoms with van der Waals surface area (Å²) in [7, 11) is 1.00. The van der Waals surface area contributed by atoms with Crippen molar-refractivity contribution in [2.45, 2.75) is 38.5 Å². The Morgan fingerprint density at radius 3 is 2.44 bits per heavy atom. The summed E-state index contributed by atoms with van der Waals surface area (Å²) in [6.07, 6.45) is 5.63. The van der Waals surface area contributed by atoms with Crippen molar-refractivity contribution in [1.29, 1.82) is 0 Å². The van der Waals surface area contributed by atoms with E-state index in [4.69, 9.17) is 5.11 Å². The fourth-order valence-electron chi connectivity index (χ4n) is 3.23. The van der Waals surface area contributed by atoms with Crippen molar-refractivity contribution in [2.75, 3.05) is 7.11 Å². The standard InChI is InChI=1S/C22H23NO2.CH4O/c24-16-20-10-4-5-12-21(20)23-22(25)14-13-17-7-6-11-19(15-17)18-8-2-1-3-9-18;1-2/h1-3,6-9,11,15-16H,4-5,10,12-14H2,(H,23,25);2H,1H3. The third kappa shape index (κ3) is 6.19. The monoisotopic (exact) mass is 365 g/mol. The second-order valence-electron chi connectivity index (χ2n) is 6.44. The zero-order chi connectivity index (χ0) is 19.5. The number of nitrogens with one attached hydrogen (secondary N) is 1. The summed E-state index contributed by atoms with van der Waals surface area (Å²) < 4.78 is 0. The van der Waals surface area contributed by atoms with Crippen LogP contribution in [0.4, 0.5) is 0 Å². The molecule has 1 amide bonds. The molecule has 0 aromatic heterocycles. The van der Waals surface area contributed by atoms with E-state index in [1.54, 1.807) is 0 Å². The number of benzene rings is 2. The molecule has 1 aliphatic carbocycles. The van der Waals surface area contributed by atoms with Crippen molar-refractivity contribution in [3.63, 3.8) is 0 Å². The van der Waals surface area contributed by atoms with Gasteiger partial charge in [-0.15, -0.1) is 0 Å². The quantitative estimate of drug-likeness (QED) is 0.759. The molecule has 27 heavy (non-hydrogen) atoms. The Balaban J connectivity index is 0.00000126. The molecule has 2 aromatic carbocycles. The number of aldehydes is 1. The Morgan fingerprint density at radius 2 is 1.70 bits per heavy atom. The Bertz CT molecular complexity index is 781. The van der Waals surface area contributed by atoms with E-state index in [1.165, 1.54) is 5.56 Å². The molecular formula is C23H27NO3. The van der Waals surface area contributed by atoms with E-state index in [-0.39, 0.29) is 5.91 Å². The fourth-order valence-corrected chi connectivity index (χ4v) is 3.23. The highest BCUT2D eigenvalue weighted by molar-refractivity contribution is 5.81. The van der Waals surface area contributed by atoms with Gasteiger partial charge in [-0.1, -0.05) is 54.6 Å². The maximum Gasteiger partial charge on any atom is 0.224 e. The zero-order valence-corrected chi connectivity index (χ0v) is 15.8. The molecule has 0 saturated heterocycles. The van der Waals surface area contributed by atoms with Crippen molar-refractivity contribution in [1.82, 2.24) is 5.32 Å². The topological polar surface area (TPSA) is 66.4 Å². The number of aliphatic hydroxyl groups excluding tert-OH is 1. The highest BCUT2D eigenvalue weighted by Crippen LogP contribution is 2.22. The van der Waals surface area contributed by atoms with E-state index in [0.29, 0.717) is 12.8 Å². The van der Waals surface area contributed by atoms with Gasteiger partial charge in [0.2, 0.25) is 5.91 Å². The van der Waals surface area contributed by atoms with Crippen molar-refractivity contribution in [3.05, 3.63) is 71.4 Å². The van der Waals surface area contributed by atoms with Gasteiger partial charge in [0.25, 0.3) is 0 Å². The van der Waals surface area contributed by atoms with Crippen LogP contribution >= 0.6 is 0 Å². The van der Waals surface area contributed by atoms with E-state index in [1.807, 2.05) is 24.3 Å². The van der Waals surface area contributed by atoms with Gasteiger partial charge in [0.05, 0.1) is 0 Å². The van der Waals surface area contributed by atoms with Crippen molar-refractivity contribution in [3.8, 4) is 11.1 Å². The lowest BCUT2D eigenvalue weighted by molar-refractivity contribution is -0.120. The van der Waals surface area contributed by atoms with Gasteiger partial charge in [0.15, 0.2) is 0 Å². The minimum Gasteiger partial charge on any atom is -0.400 e. The summed E-state index contributed by atoms with van der Waals surface area (Å²) >= 11 is 0. The molecule has 0 heterocycles. The first-order valence-electron chi connectivity index (χ1n) is 9.32. The Kier molecular flexibility index (Phi) is 8.46. The van der Waals surface area contributed by atoms with Crippen LogP contribution in [0.2, 0.25) is 0 Å². The number of amides is 1. The maximum absolute atomic E-state index is 12.2. The van der Waals surface area contributed by atoms with E-state index in [0.717, 1.165) is 61.5 Å². The molecule has 0 fully saturated rings. The van der Waals surface area contributed by atoms with Crippen LogP contribution in [-0.2, 0) is 16.0 Å². The molecule has 2 N–H and O–H groups in total. The molecule has 3 rings (SSSR count). The first kappa shape index (κ1) is 20.6. The second-order valence-corrected chi connectivity index (χ2v) is 6.44. The van der Waals surface area contributed by atoms with Gasteiger partial charge in [-0.05, 0) is 48.8 Å². The number of aryl methyl sites for hydroxylation is 1. The first-order valence-corrected chi connectivity index (χ1v) is 9.32. The van der Waals surface area contributed by atoms with Gasteiger partial charge in [-0.2, -0.15) is 0 Å². The number of aliphatic hydroxyl groups is 1. The Labute approximate surface area is 160 Å². The Morgan fingerprint density at radius 1 is 1.00 bits per heavy atom. The highest BCUT2D eigenvalue weighted by Gasteiger charge is 2.14. The summed E-state index contributed by atoms with van der Waals surface area (Å²) in [6.45, 7) is 0. The van der Waals surface area contributed by atoms with E-state index >= 15 is 0 Å². The summed E-state index contributed by atoms with van der Waals surface area (Å²) in [4.78, 5) is 23.3. The number of hydrogen-bond donors (Lipinski definition) is 2. The number of rotatable bonds is 6. The molecule has 4 heteroatoms. The van der Waals surface area contributed by atoms with Crippen LogP contribution in [-0.4, -0.2) is 24.4 Å². The number of hydrogen-bond acceptors (Lipinski definition) is 3. The molecule has 0 radical (unpaired) electrons. The van der Waals surface area contributed by atoms with Crippen LogP contribution in [0.1, 0.15) is 37.7 Å². The predicted octanol–water partition coefficient (Wildman–Crippen LogP) is 4.04. The van der Waals surface area contributed by atoms with Gasteiger partial charge in [-0.3, -0.25) is 9.59 Å². The Hall–Kier alpha value is -2.72. The summed E-state index contributed by atoms with van der Waals surface area (Å²) in [6, 6.07) is 18.5. The molecule has 2 aromatic rings. The predicted molar refractivity (Wildman–Crippen MR) is 108 cm³/mol. The summed E-state index contributed by atoms with van der Waals surface area (Å²) in [5.41, 5.74) is 5.06. The van der Waals surface area contributed by atoms with Crippen molar-refractivity contribution in [2.24, 2.45) is 0 Å². The highest BCUT2D eigenvalue weighted by atomic mass is 16.2. The first-order chi connectivity index (χ1) is 13.3. The molecule has 0 saturated carbocycles. The average Bonchev–Trinajstić information content (AvgIpc) is 2.75. The second kappa shape index (κ2) is 11.1. The van der Waals surface area contributed by atoms with Crippen molar-refractivity contribution < 1.29 is 14.7 Å². The SMILES string of the molecule is CO.O=CC1=C(NC(=O)CCc2cccc(-c3ccccc3)c2)CCCC1. The molecule has 0 aliphatic heterocycles. The van der Waals surface area contributed by atoms with Gasteiger partial charge in [0.1, 0.15) is 6.29 Å². The van der Waals surface area contributed by atoms with E-state index < -0.39 is 0 Å². The molecule has 1 aliphatic rings. The summed E-state index contributed by atoms with van der Waals surface area (Å²) in [5.74, 6) is -0.0126. The zero-order valence-electron chi connectivity index (χ0n) is 15.8. The molecule has 0 atom stereocenters. The van der Waals surface area contributed by atoms with Gasteiger partial charge in [0, 0.05) is 24.8 Å². The van der Waals surface area contributed by atoms with Crippen LogP contribution in [0.25, 0.3) is 11.1 Å². The third-order valence-corrected chi connectivity index (χ3v) is 4.62. The number of carbonyl (C=O) groups is 2. The van der Waals surface area contributed by atoms with Crippen molar-refractivity contribution >= 4 is 12.2 Å². The lowest BCUT2D eigenvalue weighted by Crippen LogP contribution is -2.26. The molecule has 142 valence electrons. The summed E-state index contributed by atoms with van der Waals surface area (Å²) in [5, 5.41) is 9.95. The van der Waals surface area contributed by atoms with Crippen LogP contribution < -0.4 is 5.32 Å². The lowest BCUT2D eigenvalue weighted by atomic mass is 9.97. The molecule has 0 bridgehead atoms. The van der Waals surface area contributed by atoms with Crippen LogP contribution in [0, 0.1) is 0 Å². The van der Waals surface area contributed by atoms with Crippen LogP contribution in [0.15, 0.2) is 65.9 Å². The molecule has 4 nitrogen and oxygen atoms in total. The van der Waals surface area contributed by atoms with E-state index in [9.17, 15) is 9.59 Å². The van der Waals surface area contributed by atoms with Crippen LogP contribution in [0.3, 0.4) is 0 Å². The lowest BCUT2D eigenvalue weighted by Gasteiger charge is -2.17. The van der Waals surface area contributed by atoms with Gasteiger partial charge in [-0.25, -0.2) is 0 Å². The number of allylic oxidation sites excluding steroid dienone is 2. The van der Waals surface area contributed by atoms with Crippen LogP contribution in [0.5, 0.6) is 0 Å². The average molecular weight is 365 g/mol. The minimum absolute atomic E-state index is 0.0126. The molecule has 0 spiro atoms. The fraction of sp³-hybridized carbons (Fsp3) is 0.304. The maximum atomic E-state index is 12.2. The third-order valence-electron chi connectivity index (χ3n) is 4.62. The normalized spacial score (nSPS) is 13.4. The smallest absolute Gasteiger partial charge is 0.224 e.